The molecule has 1 fully saturated rings. The number of benzene rings is 1. The lowest BCUT2D eigenvalue weighted by Crippen LogP contribution is -2.48. The molecule has 0 bridgehead atoms. The molecule has 25 heavy (non-hydrogen) atoms. The second kappa shape index (κ2) is 6.41. The lowest BCUT2D eigenvalue weighted by Gasteiger charge is -2.41. The Morgan fingerprint density at radius 3 is 2.56 bits per heavy atom. The van der Waals surface area contributed by atoms with Gasteiger partial charge in [-0.15, -0.1) is 0 Å². The predicted molar refractivity (Wildman–Crippen MR) is 100 cm³/mol. The normalized spacial score (nSPS) is 19.0. The summed E-state index contributed by atoms with van der Waals surface area (Å²) < 4.78 is 0. The molecule has 1 aromatic carbocycles. The number of aliphatic hydroxyl groups is 1. The molecule has 0 radical (unpaired) electrons. The van der Waals surface area contributed by atoms with Gasteiger partial charge in [-0.1, -0.05) is 45.9 Å². The van der Waals surface area contributed by atoms with Gasteiger partial charge < -0.3 is 10.0 Å². The first-order chi connectivity index (χ1) is 11.7. The van der Waals surface area contributed by atoms with Crippen molar-refractivity contribution in [3.05, 3.63) is 42.2 Å². The van der Waals surface area contributed by atoms with E-state index in [9.17, 15) is 9.90 Å². The van der Waals surface area contributed by atoms with Gasteiger partial charge >= 0.3 is 0 Å². The number of piperidine rings is 1. The lowest BCUT2D eigenvalue weighted by atomic mass is 9.79. The Balaban J connectivity index is 1.80. The highest BCUT2D eigenvalue weighted by Gasteiger charge is 2.38. The van der Waals surface area contributed by atoms with Gasteiger partial charge in [-0.05, 0) is 35.3 Å². The van der Waals surface area contributed by atoms with E-state index >= 15 is 0 Å². The van der Waals surface area contributed by atoms with Crippen LogP contribution in [0, 0.1) is 11.3 Å². The van der Waals surface area contributed by atoms with Crippen LogP contribution in [0.15, 0.2) is 36.7 Å². The van der Waals surface area contributed by atoms with E-state index < -0.39 is 5.60 Å². The quantitative estimate of drug-likeness (QED) is 0.906. The van der Waals surface area contributed by atoms with Crippen LogP contribution in [0.5, 0.6) is 0 Å². The molecule has 4 nitrogen and oxygen atoms in total. The fraction of sp³-hybridized carbons (Fsp3) is 0.524. The van der Waals surface area contributed by atoms with Crippen molar-refractivity contribution in [1.29, 1.82) is 0 Å². The zero-order valence-electron chi connectivity index (χ0n) is 15.6. The van der Waals surface area contributed by atoms with Gasteiger partial charge in [0.15, 0.2) is 0 Å². The molecule has 0 spiro atoms. The van der Waals surface area contributed by atoms with Crippen LogP contribution in [0.1, 0.15) is 46.1 Å². The summed E-state index contributed by atoms with van der Waals surface area (Å²) in [5.41, 5.74) is 0.0131. The van der Waals surface area contributed by atoms with Crippen LogP contribution >= 0.6 is 0 Å². The third-order valence-electron chi connectivity index (χ3n) is 5.75. The second-order valence-corrected chi connectivity index (χ2v) is 8.35. The molecular formula is C21H28N2O2. The first-order valence-corrected chi connectivity index (χ1v) is 9.07. The van der Waals surface area contributed by atoms with Crippen LogP contribution in [0.3, 0.4) is 0 Å². The number of carbonyl (C=O) groups is 1. The molecule has 1 aliphatic heterocycles. The minimum atomic E-state index is -0.886. The highest BCUT2D eigenvalue weighted by molar-refractivity contribution is 5.85. The van der Waals surface area contributed by atoms with Crippen molar-refractivity contribution < 1.29 is 9.90 Å². The molecule has 1 saturated heterocycles. The van der Waals surface area contributed by atoms with E-state index in [1.54, 1.807) is 6.20 Å². The maximum atomic E-state index is 12.7. The summed E-state index contributed by atoms with van der Waals surface area (Å²) in [4.78, 5) is 18.8. The highest BCUT2D eigenvalue weighted by atomic mass is 16.3. The third-order valence-corrected chi connectivity index (χ3v) is 5.75. The molecule has 1 amide bonds. The summed E-state index contributed by atoms with van der Waals surface area (Å²) in [6.45, 7) is 9.48. The van der Waals surface area contributed by atoms with Crippen molar-refractivity contribution in [3.63, 3.8) is 0 Å². The van der Waals surface area contributed by atoms with Crippen molar-refractivity contribution in [2.24, 2.45) is 11.3 Å². The van der Waals surface area contributed by atoms with Gasteiger partial charge in [-0.3, -0.25) is 9.78 Å². The molecule has 0 saturated carbocycles. The van der Waals surface area contributed by atoms with Crippen molar-refractivity contribution in [3.8, 4) is 0 Å². The fourth-order valence-electron chi connectivity index (χ4n) is 3.54. The minimum absolute atomic E-state index is 0.0256. The lowest BCUT2D eigenvalue weighted by molar-refractivity contribution is -0.142. The summed E-state index contributed by atoms with van der Waals surface area (Å²) in [5.74, 6) is 0.166. The molecule has 2 heterocycles. The van der Waals surface area contributed by atoms with E-state index in [0.29, 0.717) is 25.9 Å². The monoisotopic (exact) mass is 340 g/mol. The van der Waals surface area contributed by atoms with Crippen LogP contribution in [0.4, 0.5) is 0 Å². The van der Waals surface area contributed by atoms with Crippen molar-refractivity contribution >= 4 is 16.7 Å². The Hall–Kier alpha value is -1.94. The summed E-state index contributed by atoms with van der Waals surface area (Å²) in [5, 5.41) is 13.4. The van der Waals surface area contributed by atoms with Gasteiger partial charge in [0.25, 0.3) is 0 Å². The number of likely N-dealkylation sites (tertiary alicyclic amines) is 1. The molecule has 4 heteroatoms. The summed E-state index contributed by atoms with van der Waals surface area (Å²) >= 11 is 0. The second-order valence-electron chi connectivity index (χ2n) is 8.35. The van der Waals surface area contributed by atoms with Gasteiger partial charge in [-0.25, -0.2) is 0 Å². The standard InChI is InChI=1S/C21H28N2O2/c1-15(20(2,3)4)19(24)23-12-9-21(25,10-13-23)18-7-5-6-16-14-22-11-8-17(16)18/h5-8,11,14-15,25H,9-10,12-13H2,1-4H3. The predicted octanol–water partition coefficient (Wildman–Crippen LogP) is 3.73. The molecule has 1 aliphatic rings. The maximum absolute atomic E-state index is 12.7. The first kappa shape index (κ1) is 17.9. The van der Waals surface area contributed by atoms with Gasteiger partial charge in [0.05, 0.1) is 5.60 Å². The van der Waals surface area contributed by atoms with Crippen molar-refractivity contribution in [2.75, 3.05) is 13.1 Å². The Morgan fingerprint density at radius 1 is 1.24 bits per heavy atom. The molecular weight excluding hydrogens is 312 g/mol. The zero-order valence-corrected chi connectivity index (χ0v) is 15.6. The number of pyridine rings is 1. The Morgan fingerprint density at radius 2 is 1.92 bits per heavy atom. The average molecular weight is 340 g/mol. The van der Waals surface area contributed by atoms with Gasteiger partial charge in [0.2, 0.25) is 5.91 Å². The number of amides is 1. The van der Waals surface area contributed by atoms with Gasteiger partial charge in [-0.2, -0.15) is 0 Å². The summed E-state index contributed by atoms with van der Waals surface area (Å²) in [7, 11) is 0. The molecule has 1 unspecified atom stereocenters. The van der Waals surface area contributed by atoms with Crippen LogP contribution in [0.2, 0.25) is 0 Å². The summed E-state index contributed by atoms with van der Waals surface area (Å²) in [6.07, 6.45) is 4.72. The van der Waals surface area contributed by atoms with E-state index in [4.69, 9.17) is 0 Å². The fourth-order valence-corrected chi connectivity index (χ4v) is 3.54. The number of hydrogen-bond donors (Lipinski definition) is 1. The van der Waals surface area contributed by atoms with Gasteiger partial charge in [0, 0.05) is 36.8 Å². The maximum Gasteiger partial charge on any atom is 0.225 e. The molecule has 1 aromatic heterocycles. The number of aromatic nitrogens is 1. The Labute approximate surface area is 149 Å². The molecule has 0 aliphatic carbocycles. The van der Waals surface area contributed by atoms with Crippen LogP contribution < -0.4 is 0 Å². The largest absolute Gasteiger partial charge is 0.385 e. The average Bonchev–Trinajstić information content (AvgIpc) is 2.60. The van der Waals surface area contributed by atoms with Crippen molar-refractivity contribution in [2.45, 2.75) is 46.1 Å². The zero-order chi connectivity index (χ0) is 18.2. The number of hydrogen-bond acceptors (Lipinski definition) is 3. The number of nitrogens with zero attached hydrogens (tertiary/aromatic N) is 2. The first-order valence-electron chi connectivity index (χ1n) is 9.07. The number of fused-ring (bicyclic) bond motifs is 1. The van der Waals surface area contributed by atoms with Crippen LogP contribution in [0.25, 0.3) is 10.8 Å². The molecule has 134 valence electrons. The van der Waals surface area contributed by atoms with Crippen LogP contribution in [-0.4, -0.2) is 34.0 Å². The number of rotatable bonds is 2. The van der Waals surface area contributed by atoms with Crippen LogP contribution in [-0.2, 0) is 10.4 Å². The minimum Gasteiger partial charge on any atom is -0.385 e. The Bertz CT molecular complexity index is 766. The summed E-state index contributed by atoms with van der Waals surface area (Å²) in [6, 6.07) is 7.94. The van der Waals surface area contributed by atoms with E-state index in [2.05, 4.69) is 25.8 Å². The molecule has 1 atom stereocenters. The molecule has 3 rings (SSSR count). The van der Waals surface area contributed by atoms with Gasteiger partial charge in [0.1, 0.15) is 0 Å². The van der Waals surface area contributed by atoms with Crippen molar-refractivity contribution in [1.82, 2.24) is 9.88 Å². The van der Waals surface area contributed by atoms with E-state index in [-0.39, 0.29) is 17.2 Å². The Kier molecular flexibility index (Phi) is 4.58. The SMILES string of the molecule is CC(C(=O)N1CCC(O)(c2cccc3cnccc23)CC1)C(C)(C)C. The number of carbonyl (C=O) groups excluding carboxylic acids is 1. The third kappa shape index (κ3) is 3.40. The topological polar surface area (TPSA) is 53.4 Å². The van der Waals surface area contributed by atoms with E-state index in [0.717, 1.165) is 16.3 Å². The van der Waals surface area contributed by atoms with E-state index in [1.165, 1.54) is 0 Å². The smallest absolute Gasteiger partial charge is 0.225 e. The molecule has 2 aromatic rings. The van der Waals surface area contributed by atoms with E-state index in [1.807, 2.05) is 42.3 Å². The molecule has 1 N–H and O–H groups in total. The highest BCUT2D eigenvalue weighted by Crippen LogP contribution is 2.37.